The molecule has 4 nitrogen and oxygen atoms in total. The summed E-state index contributed by atoms with van der Waals surface area (Å²) in [4.78, 5) is 24.5. The Morgan fingerprint density at radius 2 is 2.38 bits per heavy atom. The molecule has 0 fully saturated rings. The third-order valence-electron chi connectivity index (χ3n) is 2.42. The number of nitrogens with zero attached hydrogens (tertiary/aromatic N) is 1. The first-order valence-electron chi connectivity index (χ1n) is 5.13. The monoisotopic (exact) mass is 334 g/mol. The lowest BCUT2D eigenvalue weighted by atomic mass is 10.1. The van der Waals surface area contributed by atoms with Crippen LogP contribution in [0.1, 0.15) is 19.8 Å². The third kappa shape index (κ3) is 3.07. The van der Waals surface area contributed by atoms with E-state index in [1.165, 1.54) is 4.90 Å². The Kier molecular flexibility index (Phi) is 4.98. The summed E-state index contributed by atoms with van der Waals surface area (Å²) in [6, 6.07) is -0.537. The van der Waals surface area contributed by atoms with Gasteiger partial charge in [-0.15, -0.1) is 0 Å². The van der Waals surface area contributed by atoms with Crippen molar-refractivity contribution in [3.63, 3.8) is 0 Å². The molecule has 0 radical (unpaired) electrons. The topological polar surface area (TPSA) is 63.4 Å². The molecule has 0 bridgehead atoms. The molecule has 1 rings (SSSR count). The van der Waals surface area contributed by atoms with Crippen LogP contribution in [0.15, 0.2) is 23.9 Å². The highest BCUT2D eigenvalue weighted by molar-refractivity contribution is 14.1. The first kappa shape index (κ1) is 13.2. The van der Waals surface area contributed by atoms with Gasteiger partial charge >= 0.3 is 0 Å². The Hall–Kier alpha value is -0.850. The van der Waals surface area contributed by atoms with Crippen LogP contribution in [0.5, 0.6) is 0 Å². The van der Waals surface area contributed by atoms with E-state index in [4.69, 9.17) is 5.73 Å². The van der Waals surface area contributed by atoms with E-state index < -0.39 is 11.9 Å². The van der Waals surface area contributed by atoms with Gasteiger partial charge in [-0.1, -0.05) is 41.7 Å². The van der Waals surface area contributed by atoms with Crippen LogP contribution in [0.2, 0.25) is 0 Å². The second-order valence-corrected chi connectivity index (χ2v) is 4.33. The highest BCUT2D eigenvalue weighted by Gasteiger charge is 2.25. The summed E-state index contributed by atoms with van der Waals surface area (Å²) in [5.74, 6) is -0.538. The summed E-state index contributed by atoms with van der Waals surface area (Å²) in [5.41, 5.74) is 6.31. The molecule has 5 heteroatoms. The zero-order valence-corrected chi connectivity index (χ0v) is 11.3. The lowest BCUT2D eigenvalue weighted by Crippen LogP contribution is -2.44. The zero-order valence-electron chi connectivity index (χ0n) is 9.15. The minimum Gasteiger partial charge on any atom is -0.368 e. The van der Waals surface area contributed by atoms with Gasteiger partial charge < -0.3 is 10.6 Å². The highest BCUT2D eigenvalue weighted by Crippen LogP contribution is 2.15. The van der Waals surface area contributed by atoms with Crippen LogP contribution < -0.4 is 5.73 Å². The Morgan fingerprint density at radius 3 is 2.88 bits per heavy atom. The first-order chi connectivity index (χ1) is 7.60. The number of hydrogen-bond acceptors (Lipinski definition) is 2. The van der Waals surface area contributed by atoms with Crippen molar-refractivity contribution in [2.24, 2.45) is 5.73 Å². The van der Waals surface area contributed by atoms with Crippen LogP contribution in [0, 0.1) is 0 Å². The van der Waals surface area contributed by atoms with Gasteiger partial charge in [0, 0.05) is 17.0 Å². The average molecular weight is 334 g/mol. The number of rotatable bonds is 4. The second-order valence-electron chi connectivity index (χ2n) is 3.57. The number of primary amides is 1. The maximum atomic E-state index is 11.8. The summed E-state index contributed by atoms with van der Waals surface area (Å²) in [5, 5.41) is 0. The molecule has 0 spiro atoms. The second kappa shape index (κ2) is 6.03. The van der Waals surface area contributed by atoms with Crippen molar-refractivity contribution in [2.45, 2.75) is 25.8 Å². The Morgan fingerprint density at radius 1 is 1.69 bits per heavy atom. The molecule has 2 amide bonds. The van der Waals surface area contributed by atoms with Gasteiger partial charge in [-0.05, 0) is 12.0 Å². The maximum absolute atomic E-state index is 11.8. The van der Waals surface area contributed by atoms with E-state index in [9.17, 15) is 9.59 Å². The molecule has 1 atom stereocenters. The van der Waals surface area contributed by atoms with E-state index in [1.807, 2.05) is 19.1 Å². The van der Waals surface area contributed by atoms with Crippen molar-refractivity contribution < 1.29 is 9.59 Å². The molecule has 0 aromatic heterocycles. The van der Waals surface area contributed by atoms with Gasteiger partial charge in [0.2, 0.25) is 11.8 Å². The number of amides is 2. The molecular formula is C11H15IN2O2. The van der Waals surface area contributed by atoms with Gasteiger partial charge in [0.15, 0.2) is 0 Å². The smallest absolute Gasteiger partial charge is 0.240 e. The van der Waals surface area contributed by atoms with Gasteiger partial charge in [-0.25, -0.2) is 0 Å². The molecule has 0 aromatic rings. The third-order valence-corrected chi connectivity index (χ3v) is 3.30. The molecule has 0 saturated heterocycles. The van der Waals surface area contributed by atoms with E-state index in [0.717, 1.165) is 10.0 Å². The van der Waals surface area contributed by atoms with Crippen LogP contribution in [0.4, 0.5) is 0 Å². The average Bonchev–Trinajstić information content (AvgIpc) is 2.42. The largest absolute Gasteiger partial charge is 0.368 e. The fourth-order valence-corrected chi connectivity index (χ4v) is 2.04. The van der Waals surface area contributed by atoms with Gasteiger partial charge in [0.05, 0.1) is 0 Å². The lowest BCUT2D eigenvalue weighted by molar-refractivity contribution is -0.135. The van der Waals surface area contributed by atoms with Crippen LogP contribution >= 0.6 is 22.6 Å². The number of carbonyl (C=O) groups is 2. The summed E-state index contributed by atoms with van der Waals surface area (Å²) in [6.07, 6.45) is 6.32. The van der Waals surface area contributed by atoms with E-state index in [-0.39, 0.29) is 5.91 Å². The van der Waals surface area contributed by atoms with E-state index >= 15 is 0 Å². The lowest BCUT2D eigenvalue weighted by Gasteiger charge is -2.25. The number of hydrogen-bond donors (Lipinski definition) is 1. The van der Waals surface area contributed by atoms with Gasteiger partial charge in [-0.2, -0.15) is 0 Å². The van der Waals surface area contributed by atoms with Crippen molar-refractivity contribution in [1.82, 2.24) is 4.90 Å². The minimum atomic E-state index is -0.537. The van der Waals surface area contributed by atoms with Gasteiger partial charge in [0.1, 0.15) is 6.04 Å². The number of alkyl halides is 1. The molecular weight excluding hydrogens is 319 g/mol. The number of carbonyl (C=O) groups excluding carboxylic acids is 2. The summed E-state index contributed by atoms with van der Waals surface area (Å²) < 4.78 is 0.799. The van der Waals surface area contributed by atoms with Gasteiger partial charge in [0.25, 0.3) is 0 Å². The molecule has 1 aliphatic rings. The molecule has 88 valence electrons. The summed E-state index contributed by atoms with van der Waals surface area (Å²) >= 11 is 2.22. The van der Waals surface area contributed by atoms with E-state index in [2.05, 4.69) is 22.6 Å². The van der Waals surface area contributed by atoms with Crippen molar-refractivity contribution >= 4 is 34.4 Å². The van der Waals surface area contributed by atoms with E-state index in [0.29, 0.717) is 12.8 Å². The summed E-state index contributed by atoms with van der Waals surface area (Å²) in [7, 11) is 0. The normalized spacial score (nSPS) is 18.0. The predicted molar refractivity (Wildman–Crippen MR) is 70.8 cm³/mol. The van der Waals surface area contributed by atoms with Crippen LogP contribution in [0.25, 0.3) is 0 Å². The Bertz CT molecular complexity index is 350. The van der Waals surface area contributed by atoms with Crippen molar-refractivity contribution in [3.05, 3.63) is 23.9 Å². The minimum absolute atomic E-state index is 0.0817. The zero-order chi connectivity index (χ0) is 12.1. The number of allylic oxidation sites excluding steroid dienone is 2. The Labute approximate surface area is 109 Å². The number of halogens is 1. The fourth-order valence-electron chi connectivity index (χ4n) is 1.59. The van der Waals surface area contributed by atoms with E-state index in [1.54, 1.807) is 6.20 Å². The van der Waals surface area contributed by atoms with Crippen molar-refractivity contribution in [1.29, 1.82) is 0 Å². The molecule has 0 aromatic carbocycles. The quantitative estimate of drug-likeness (QED) is 0.623. The SMILES string of the molecule is CCC(C(N)=O)N1C=C(CI)C=CCC1=O. The van der Waals surface area contributed by atoms with Crippen LogP contribution in [0.3, 0.4) is 0 Å². The maximum Gasteiger partial charge on any atom is 0.240 e. The molecule has 16 heavy (non-hydrogen) atoms. The van der Waals surface area contributed by atoms with Crippen molar-refractivity contribution in [3.8, 4) is 0 Å². The fraction of sp³-hybridized carbons (Fsp3) is 0.455. The molecule has 0 aliphatic carbocycles. The molecule has 1 unspecified atom stereocenters. The molecule has 1 heterocycles. The van der Waals surface area contributed by atoms with Crippen LogP contribution in [-0.2, 0) is 9.59 Å². The molecule has 0 saturated carbocycles. The predicted octanol–water partition coefficient (Wildman–Crippen LogP) is 1.36. The molecule has 1 aliphatic heterocycles. The number of nitrogens with two attached hydrogens (primary N) is 1. The highest BCUT2D eigenvalue weighted by atomic mass is 127. The standard InChI is InChI=1S/C11H15IN2O2/c1-2-9(11(13)16)14-7-8(6-12)4-3-5-10(14)15/h3-4,7,9H,2,5-6H2,1H3,(H2,13,16). The Balaban J connectivity index is 2.99. The molecule has 2 N–H and O–H groups in total. The van der Waals surface area contributed by atoms with Crippen molar-refractivity contribution in [2.75, 3.05) is 4.43 Å². The van der Waals surface area contributed by atoms with Crippen LogP contribution in [-0.4, -0.2) is 27.2 Å². The van der Waals surface area contributed by atoms with Gasteiger partial charge in [-0.3, -0.25) is 9.59 Å². The first-order valence-corrected chi connectivity index (χ1v) is 6.66. The summed E-state index contributed by atoms with van der Waals surface area (Å²) in [6.45, 7) is 1.85.